The molecule has 4 N–H and O–H groups in total. The highest BCUT2D eigenvalue weighted by Gasteiger charge is 2.04. The van der Waals surface area contributed by atoms with Gasteiger partial charge in [0.05, 0.1) is 11.1 Å². The van der Waals surface area contributed by atoms with Crippen LogP contribution in [0.15, 0.2) is 24.3 Å². The van der Waals surface area contributed by atoms with Crippen LogP contribution >= 0.6 is 0 Å². The molecule has 6 heteroatoms. The van der Waals surface area contributed by atoms with Crippen molar-refractivity contribution in [1.82, 2.24) is 0 Å². The number of aliphatic hydroxyl groups is 2. The number of carbonyl (C=O) groups is 2. The smallest absolute Gasteiger partial charge is 0.335 e. The van der Waals surface area contributed by atoms with Gasteiger partial charge in [-0.3, -0.25) is 0 Å². The zero-order valence-corrected chi connectivity index (χ0v) is 12.6. The van der Waals surface area contributed by atoms with Crippen molar-refractivity contribution in [3.8, 4) is 0 Å². The molecular weight excluding hydrogens is 288 g/mol. The van der Waals surface area contributed by atoms with Crippen molar-refractivity contribution in [2.45, 2.75) is 38.5 Å². The Balaban J connectivity index is 0.000000409. The Hall–Kier alpha value is -1.92. The molecule has 1 aromatic rings. The number of aromatic carboxylic acids is 2. The summed E-state index contributed by atoms with van der Waals surface area (Å²) in [6.07, 6.45) is 6.50. The summed E-state index contributed by atoms with van der Waals surface area (Å²) in [6.45, 7) is 0.639. The maximum absolute atomic E-state index is 10.3. The summed E-state index contributed by atoms with van der Waals surface area (Å²) in [5.41, 5.74) is 0.167. The summed E-state index contributed by atoms with van der Waals surface area (Å²) in [7, 11) is 0. The van der Waals surface area contributed by atoms with E-state index < -0.39 is 11.9 Å². The minimum absolute atomic E-state index is 0.0833. The maximum Gasteiger partial charge on any atom is 0.335 e. The molecule has 0 unspecified atom stereocenters. The Bertz CT molecular complexity index is 386. The average Bonchev–Trinajstić information content (AvgIpc) is 2.51. The molecule has 0 bridgehead atoms. The highest BCUT2D eigenvalue weighted by atomic mass is 16.4. The lowest BCUT2D eigenvalue weighted by atomic mass is 10.1. The van der Waals surface area contributed by atoms with Crippen molar-refractivity contribution in [1.29, 1.82) is 0 Å². The first-order chi connectivity index (χ1) is 10.5. The van der Waals surface area contributed by atoms with E-state index in [2.05, 4.69) is 0 Å². The summed E-state index contributed by atoms with van der Waals surface area (Å²) in [5.74, 6) is -2.13. The zero-order valence-electron chi connectivity index (χ0n) is 12.6. The number of unbranched alkanes of at least 4 members (excludes halogenated alkanes) is 5. The number of carboxylic acids is 2. The van der Waals surface area contributed by atoms with Gasteiger partial charge in [0, 0.05) is 13.2 Å². The third-order valence-corrected chi connectivity index (χ3v) is 2.95. The van der Waals surface area contributed by atoms with Crippen LogP contribution in [0.1, 0.15) is 59.2 Å². The Morgan fingerprint density at radius 2 is 0.909 bits per heavy atom. The Morgan fingerprint density at radius 1 is 0.636 bits per heavy atom. The van der Waals surface area contributed by atoms with E-state index in [-0.39, 0.29) is 11.1 Å². The second kappa shape index (κ2) is 12.8. The molecule has 0 aliphatic heterocycles. The van der Waals surface area contributed by atoms with Crippen LogP contribution in [-0.2, 0) is 0 Å². The van der Waals surface area contributed by atoms with Crippen LogP contribution in [0.3, 0.4) is 0 Å². The molecule has 0 fully saturated rings. The molecule has 22 heavy (non-hydrogen) atoms. The summed E-state index contributed by atoms with van der Waals surface area (Å²) in [4.78, 5) is 20.7. The molecular formula is C16H24O6. The van der Waals surface area contributed by atoms with Crippen molar-refractivity contribution >= 4 is 11.9 Å². The van der Waals surface area contributed by atoms with Gasteiger partial charge in [0.25, 0.3) is 0 Å². The van der Waals surface area contributed by atoms with E-state index in [1.807, 2.05) is 0 Å². The molecule has 0 saturated heterocycles. The first-order valence-electron chi connectivity index (χ1n) is 7.31. The minimum Gasteiger partial charge on any atom is -0.478 e. The Morgan fingerprint density at radius 3 is 1.14 bits per heavy atom. The van der Waals surface area contributed by atoms with Crippen LogP contribution in [0.5, 0.6) is 0 Å². The van der Waals surface area contributed by atoms with Crippen LogP contribution in [0, 0.1) is 0 Å². The fourth-order valence-corrected chi connectivity index (χ4v) is 1.69. The van der Waals surface area contributed by atoms with E-state index in [4.69, 9.17) is 20.4 Å². The number of rotatable bonds is 9. The van der Waals surface area contributed by atoms with E-state index in [1.54, 1.807) is 0 Å². The van der Waals surface area contributed by atoms with Gasteiger partial charge in [-0.25, -0.2) is 9.59 Å². The molecule has 0 saturated carbocycles. The van der Waals surface area contributed by atoms with Crippen molar-refractivity contribution in [3.05, 3.63) is 35.4 Å². The number of hydrogen-bond acceptors (Lipinski definition) is 4. The quantitative estimate of drug-likeness (QED) is 0.520. The zero-order chi connectivity index (χ0) is 16.8. The van der Waals surface area contributed by atoms with Crippen molar-refractivity contribution in [3.63, 3.8) is 0 Å². The van der Waals surface area contributed by atoms with E-state index in [1.165, 1.54) is 37.1 Å². The van der Waals surface area contributed by atoms with E-state index in [9.17, 15) is 9.59 Å². The van der Waals surface area contributed by atoms with Crippen LogP contribution in [0.4, 0.5) is 0 Å². The lowest BCUT2D eigenvalue weighted by molar-refractivity contribution is 0.0681. The number of carboxylic acid groups (broad SMARTS) is 2. The van der Waals surface area contributed by atoms with Crippen LogP contribution in [0.2, 0.25) is 0 Å². The summed E-state index contributed by atoms with van der Waals surface area (Å²) in [5, 5.41) is 33.8. The van der Waals surface area contributed by atoms with E-state index in [0.717, 1.165) is 25.7 Å². The van der Waals surface area contributed by atoms with Gasteiger partial charge >= 0.3 is 11.9 Å². The molecule has 0 spiro atoms. The number of benzene rings is 1. The molecule has 0 aliphatic carbocycles. The molecule has 6 nitrogen and oxygen atoms in total. The first kappa shape index (κ1) is 20.1. The fraction of sp³-hybridized carbons (Fsp3) is 0.500. The molecule has 1 rings (SSSR count). The summed E-state index contributed by atoms with van der Waals surface area (Å²) >= 11 is 0. The SMILES string of the molecule is O=C(O)c1ccc(C(=O)O)cc1.OCCCCCCCCO. The van der Waals surface area contributed by atoms with Crippen molar-refractivity contribution in [2.24, 2.45) is 0 Å². The average molecular weight is 312 g/mol. The highest BCUT2D eigenvalue weighted by Crippen LogP contribution is 2.04. The van der Waals surface area contributed by atoms with Crippen LogP contribution in [0.25, 0.3) is 0 Å². The van der Waals surface area contributed by atoms with Gasteiger partial charge in [-0.15, -0.1) is 0 Å². The Kier molecular flexibility index (Phi) is 11.7. The topological polar surface area (TPSA) is 115 Å². The third kappa shape index (κ3) is 9.90. The molecule has 0 aliphatic rings. The molecule has 0 heterocycles. The Labute approximate surface area is 130 Å². The van der Waals surface area contributed by atoms with Crippen LogP contribution in [-0.4, -0.2) is 45.6 Å². The van der Waals surface area contributed by atoms with Crippen molar-refractivity contribution in [2.75, 3.05) is 13.2 Å². The second-order valence-corrected chi connectivity index (χ2v) is 4.76. The first-order valence-corrected chi connectivity index (χ1v) is 7.31. The minimum atomic E-state index is -1.06. The number of aliphatic hydroxyl groups excluding tert-OH is 2. The normalized spacial score (nSPS) is 9.73. The standard InChI is InChI=1S/C8H6O4.C8H18O2/c9-7(10)5-1-2-6(4-3-5)8(11)12;9-7-5-3-1-2-4-6-8-10/h1-4H,(H,9,10)(H,11,12);9-10H,1-8H2. The van der Waals surface area contributed by atoms with Gasteiger partial charge in [0.15, 0.2) is 0 Å². The van der Waals surface area contributed by atoms with Gasteiger partial charge in [-0.1, -0.05) is 25.7 Å². The molecule has 1 aromatic carbocycles. The predicted octanol–water partition coefficient (Wildman–Crippen LogP) is 2.39. The monoisotopic (exact) mass is 312 g/mol. The molecule has 0 aromatic heterocycles. The second-order valence-electron chi connectivity index (χ2n) is 4.76. The molecule has 124 valence electrons. The highest BCUT2D eigenvalue weighted by molar-refractivity contribution is 5.91. The van der Waals surface area contributed by atoms with Gasteiger partial charge in [-0.2, -0.15) is 0 Å². The maximum atomic E-state index is 10.3. The lowest BCUT2D eigenvalue weighted by Gasteiger charge is -1.97. The third-order valence-electron chi connectivity index (χ3n) is 2.95. The summed E-state index contributed by atoms with van der Waals surface area (Å²) < 4.78 is 0. The van der Waals surface area contributed by atoms with Crippen molar-refractivity contribution < 1.29 is 30.0 Å². The van der Waals surface area contributed by atoms with Gasteiger partial charge in [0.1, 0.15) is 0 Å². The van der Waals surface area contributed by atoms with Gasteiger partial charge in [-0.05, 0) is 37.1 Å². The largest absolute Gasteiger partial charge is 0.478 e. The molecule has 0 amide bonds. The van der Waals surface area contributed by atoms with Gasteiger partial charge < -0.3 is 20.4 Å². The molecule has 0 atom stereocenters. The lowest BCUT2D eigenvalue weighted by Crippen LogP contribution is -1.99. The molecule has 0 radical (unpaired) electrons. The number of hydrogen-bond donors (Lipinski definition) is 4. The van der Waals surface area contributed by atoms with Crippen LogP contribution < -0.4 is 0 Å². The van der Waals surface area contributed by atoms with Gasteiger partial charge in [0.2, 0.25) is 0 Å². The predicted molar refractivity (Wildman–Crippen MR) is 82.2 cm³/mol. The van der Waals surface area contributed by atoms with E-state index in [0.29, 0.717) is 13.2 Å². The summed E-state index contributed by atoms with van der Waals surface area (Å²) in [6, 6.07) is 5.02. The van der Waals surface area contributed by atoms with E-state index >= 15 is 0 Å². The fourth-order valence-electron chi connectivity index (χ4n) is 1.69.